The average molecular weight is 339 g/mol. The summed E-state index contributed by atoms with van der Waals surface area (Å²) in [5.74, 6) is 0.739. The second-order valence-corrected chi connectivity index (χ2v) is 7.99. The molecule has 0 bridgehead atoms. The normalized spacial score (nSPS) is 21.0. The Morgan fingerprint density at radius 1 is 1.12 bits per heavy atom. The Bertz CT molecular complexity index is 763. The molecule has 25 heavy (non-hydrogen) atoms. The number of likely N-dealkylation sites (N-methyl/N-ethyl adjacent to an activating group) is 1. The van der Waals surface area contributed by atoms with Gasteiger partial charge in [-0.1, -0.05) is 58.0 Å². The standard InChI is InChI=1S/C22H29NO2/c1-6-23-14-16-9-7-8-10-18(16)22(24,15-23)19-13-17(21(2,3)4)11-12-20(19)25-5/h7-13,24H,6,14-15H2,1-5H3. The molecule has 0 fully saturated rings. The highest BCUT2D eigenvalue weighted by Crippen LogP contribution is 2.42. The van der Waals surface area contributed by atoms with Crippen molar-refractivity contribution in [2.45, 2.75) is 45.3 Å². The maximum Gasteiger partial charge on any atom is 0.131 e. The van der Waals surface area contributed by atoms with Gasteiger partial charge >= 0.3 is 0 Å². The number of hydrogen-bond acceptors (Lipinski definition) is 3. The molecule has 1 atom stereocenters. The summed E-state index contributed by atoms with van der Waals surface area (Å²) in [6, 6.07) is 14.4. The maximum absolute atomic E-state index is 11.9. The Hall–Kier alpha value is -1.84. The van der Waals surface area contributed by atoms with Crippen molar-refractivity contribution in [1.29, 1.82) is 0 Å². The second-order valence-electron chi connectivity index (χ2n) is 7.99. The van der Waals surface area contributed by atoms with Gasteiger partial charge in [-0.2, -0.15) is 0 Å². The first-order chi connectivity index (χ1) is 11.8. The van der Waals surface area contributed by atoms with Gasteiger partial charge in [-0.05, 0) is 40.8 Å². The molecule has 0 spiro atoms. The minimum Gasteiger partial charge on any atom is -0.496 e. The zero-order valence-electron chi connectivity index (χ0n) is 16.0. The Balaban J connectivity index is 2.23. The van der Waals surface area contributed by atoms with Crippen LogP contribution in [-0.4, -0.2) is 30.2 Å². The van der Waals surface area contributed by atoms with Gasteiger partial charge in [-0.3, -0.25) is 4.90 Å². The first kappa shape index (κ1) is 18.0. The lowest BCUT2D eigenvalue weighted by molar-refractivity contribution is 0.0186. The molecule has 3 heteroatoms. The summed E-state index contributed by atoms with van der Waals surface area (Å²) in [6.45, 7) is 11.1. The largest absolute Gasteiger partial charge is 0.496 e. The lowest BCUT2D eigenvalue weighted by atomic mass is 9.77. The number of methoxy groups -OCH3 is 1. The van der Waals surface area contributed by atoms with E-state index < -0.39 is 5.60 Å². The van der Waals surface area contributed by atoms with Crippen molar-refractivity contribution in [1.82, 2.24) is 4.90 Å². The number of nitrogens with zero attached hydrogens (tertiary/aromatic N) is 1. The highest BCUT2D eigenvalue weighted by atomic mass is 16.5. The monoisotopic (exact) mass is 339 g/mol. The summed E-state index contributed by atoms with van der Waals surface area (Å²) < 4.78 is 5.64. The number of ether oxygens (including phenoxy) is 1. The second kappa shape index (κ2) is 6.47. The predicted molar refractivity (Wildman–Crippen MR) is 102 cm³/mol. The van der Waals surface area contributed by atoms with E-state index in [9.17, 15) is 5.11 Å². The summed E-state index contributed by atoms with van der Waals surface area (Å²) in [6.07, 6.45) is 0. The summed E-state index contributed by atoms with van der Waals surface area (Å²) >= 11 is 0. The van der Waals surface area contributed by atoms with E-state index in [2.05, 4.69) is 50.8 Å². The molecular formula is C22H29NO2. The molecular weight excluding hydrogens is 310 g/mol. The van der Waals surface area contributed by atoms with Crippen LogP contribution in [0.1, 0.15) is 49.9 Å². The molecule has 2 aromatic rings. The fraction of sp³-hybridized carbons (Fsp3) is 0.455. The number of aliphatic hydroxyl groups is 1. The van der Waals surface area contributed by atoms with Crippen LogP contribution in [0.3, 0.4) is 0 Å². The number of fused-ring (bicyclic) bond motifs is 1. The lowest BCUT2D eigenvalue weighted by Gasteiger charge is -2.41. The van der Waals surface area contributed by atoms with Crippen LogP contribution in [-0.2, 0) is 17.6 Å². The third kappa shape index (κ3) is 3.19. The van der Waals surface area contributed by atoms with E-state index in [-0.39, 0.29) is 5.41 Å². The molecule has 1 aliphatic rings. The molecule has 0 amide bonds. The number of rotatable bonds is 3. The number of hydrogen-bond donors (Lipinski definition) is 1. The zero-order valence-corrected chi connectivity index (χ0v) is 16.0. The van der Waals surface area contributed by atoms with E-state index in [4.69, 9.17) is 4.74 Å². The van der Waals surface area contributed by atoms with E-state index in [1.165, 1.54) is 11.1 Å². The van der Waals surface area contributed by atoms with E-state index in [0.717, 1.165) is 30.0 Å². The Kier molecular flexibility index (Phi) is 4.65. The van der Waals surface area contributed by atoms with Crippen molar-refractivity contribution in [3.63, 3.8) is 0 Å². The molecule has 3 nitrogen and oxygen atoms in total. The molecule has 3 rings (SSSR count). The highest BCUT2D eigenvalue weighted by molar-refractivity contribution is 5.51. The van der Waals surface area contributed by atoms with E-state index in [0.29, 0.717) is 6.54 Å². The van der Waals surface area contributed by atoms with Gasteiger partial charge in [-0.15, -0.1) is 0 Å². The molecule has 0 saturated carbocycles. The van der Waals surface area contributed by atoms with Gasteiger partial charge in [0.2, 0.25) is 0 Å². The lowest BCUT2D eigenvalue weighted by Crippen LogP contribution is -2.46. The topological polar surface area (TPSA) is 32.7 Å². The molecule has 1 heterocycles. The van der Waals surface area contributed by atoms with Gasteiger partial charge in [-0.25, -0.2) is 0 Å². The van der Waals surface area contributed by atoms with Crippen LogP contribution in [0, 0.1) is 0 Å². The van der Waals surface area contributed by atoms with Crippen LogP contribution in [0.25, 0.3) is 0 Å². The first-order valence-electron chi connectivity index (χ1n) is 9.01. The van der Waals surface area contributed by atoms with Crippen molar-refractivity contribution in [2.24, 2.45) is 0 Å². The van der Waals surface area contributed by atoms with Gasteiger partial charge in [0.1, 0.15) is 11.4 Å². The molecule has 2 aromatic carbocycles. The summed E-state index contributed by atoms with van der Waals surface area (Å²) in [4.78, 5) is 2.28. The molecule has 1 N–H and O–H groups in total. The fourth-order valence-electron chi connectivity index (χ4n) is 3.72. The van der Waals surface area contributed by atoms with Crippen molar-refractivity contribution >= 4 is 0 Å². The number of benzene rings is 2. The molecule has 0 radical (unpaired) electrons. The third-order valence-electron chi connectivity index (χ3n) is 5.27. The maximum atomic E-state index is 11.9. The van der Waals surface area contributed by atoms with Crippen LogP contribution in [0.15, 0.2) is 42.5 Å². The first-order valence-corrected chi connectivity index (χ1v) is 9.01. The smallest absolute Gasteiger partial charge is 0.131 e. The predicted octanol–water partition coefficient (Wildman–Crippen LogP) is 4.06. The molecule has 134 valence electrons. The average Bonchev–Trinajstić information content (AvgIpc) is 2.60. The van der Waals surface area contributed by atoms with Crippen LogP contribution < -0.4 is 4.74 Å². The van der Waals surface area contributed by atoms with Crippen molar-refractivity contribution in [2.75, 3.05) is 20.2 Å². The Morgan fingerprint density at radius 2 is 1.84 bits per heavy atom. The van der Waals surface area contributed by atoms with Crippen molar-refractivity contribution in [3.8, 4) is 5.75 Å². The van der Waals surface area contributed by atoms with Crippen LogP contribution in [0.2, 0.25) is 0 Å². The van der Waals surface area contributed by atoms with Crippen LogP contribution in [0.4, 0.5) is 0 Å². The van der Waals surface area contributed by atoms with E-state index >= 15 is 0 Å². The molecule has 0 aliphatic carbocycles. The van der Waals surface area contributed by atoms with Gasteiger partial charge in [0, 0.05) is 18.7 Å². The Labute approximate surface area is 151 Å². The summed E-state index contributed by atoms with van der Waals surface area (Å²) in [5, 5.41) is 11.9. The third-order valence-corrected chi connectivity index (χ3v) is 5.27. The Morgan fingerprint density at radius 3 is 2.48 bits per heavy atom. The molecule has 0 aromatic heterocycles. The SMILES string of the molecule is CCN1Cc2ccccc2C(O)(c2cc(C(C)(C)C)ccc2OC)C1. The molecule has 1 aliphatic heterocycles. The van der Waals surface area contributed by atoms with Gasteiger partial charge in [0.15, 0.2) is 0 Å². The van der Waals surface area contributed by atoms with Gasteiger partial charge in [0.05, 0.1) is 7.11 Å². The van der Waals surface area contributed by atoms with Gasteiger partial charge in [0.25, 0.3) is 0 Å². The minimum absolute atomic E-state index is 0.00993. The fourth-order valence-corrected chi connectivity index (χ4v) is 3.72. The van der Waals surface area contributed by atoms with E-state index in [1.54, 1.807) is 7.11 Å². The van der Waals surface area contributed by atoms with E-state index in [1.807, 2.05) is 24.3 Å². The zero-order chi connectivity index (χ0) is 18.2. The van der Waals surface area contributed by atoms with Crippen molar-refractivity contribution < 1.29 is 9.84 Å². The molecule has 0 saturated heterocycles. The number of β-amino-alcohol motifs (C(OH)–C–C–N with tert-alkyl or cyclic N) is 1. The summed E-state index contributed by atoms with van der Waals surface area (Å²) in [7, 11) is 1.67. The van der Waals surface area contributed by atoms with Crippen LogP contribution >= 0.6 is 0 Å². The van der Waals surface area contributed by atoms with Crippen molar-refractivity contribution in [3.05, 3.63) is 64.7 Å². The molecule has 1 unspecified atom stereocenters. The summed E-state index contributed by atoms with van der Waals surface area (Å²) in [5.41, 5.74) is 3.16. The highest BCUT2D eigenvalue weighted by Gasteiger charge is 2.41. The van der Waals surface area contributed by atoms with Crippen LogP contribution in [0.5, 0.6) is 5.75 Å². The van der Waals surface area contributed by atoms with Gasteiger partial charge < -0.3 is 9.84 Å². The quantitative estimate of drug-likeness (QED) is 0.915. The minimum atomic E-state index is -1.07.